The van der Waals surface area contributed by atoms with Crippen LogP contribution in [-0.4, -0.2) is 29.8 Å². The van der Waals surface area contributed by atoms with Crippen molar-refractivity contribution in [1.29, 1.82) is 0 Å². The van der Waals surface area contributed by atoms with Crippen molar-refractivity contribution in [3.05, 3.63) is 66.8 Å². The van der Waals surface area contributed by atoms with Crippen LogP contribution in [0.4, 0.5) is 35.1 Å². The normalized spacial score (nSPS) is 14.3. The fraction of sp³-hybridized carbons (Fsp3) is 0.333. The van der Waals surface area contributed by atoms with Gasteiger partial charge in [0.2, 0.25) is 0 Å². The molecular weight excluding hydrogens is 718 g/mol. The Morgan fingerprint density at radius 1 is 0.727 bits per heavy atom. The van der Waals surface area contributed by atoms with E-state index in [4.69, 9.17) is 0 Å². The number of alkyl halides is 9. The number of aryl methyl sites for hydroxylation is 2. The van der Waals surface area contributed by atoms with E-state index >= 15 is 0 Å². The molecule has 4 nitrogen and oxygen atoms in total. The van der Waals surface area contributed by atoms with Crippen molar-refractivity contribution in [3.63, 3.8) is 0 Å². The molecule has 0 bridgehead atoms. The van der Waals surface area contributed by atoms with Gasteiger partial charge >= 0.3 is 206 Å². The topological polar surface area (TPSA) is 52.6 Å². The molecule has 0 N–H and O–H groups in total. The van der Waals surface area contributed by atoms with Crippen LogP contribution in [0, 0.1) is 21.0 Å². The van der Waals surface area contributed by atoms with Crippen LogP contribution in [0.15, 0.2) is 48.5 Å². The number of benzene rings is 2. The molecule has 2 rings (SSSR count). The Balaban J connectivity index is 2.49. The molecule has 0 saturated heterocycles. The first-order chi connectivity index (χ1) is 14.8. The van der Waals surface area contributed by atoms with Gasteiger partial charge in [0.1, 0.15) is 0 Å². The summed E-state index contributed by atoms with van der Waals surface area (Å²) in [6, 6.07) is 11.3. The zero-order valence-corrected chi connectivity index (χ0v) is 21.6. The number of halogens is 10. The first-order valence-electron chi connectivity index (χ1n) is 8.49. The van der Waals surface area contributed by atoms with Gasteiger partial charge in [-0.1, -0.05) is 0 Å². The van der Waals surface area contributed by atoms with Crippen LogP contribution < -0.4 is 0 Å². The SMILES string of the molecule is Cc1ccc(I(OS(=O)(=O)C(F)(F)C(F)(F)OC(F)(F)C(F)(F)I)c2ccc(C)cc2)cc1. The molecule has 0 aliphatic carbocycles. The van der Waals surface area contributed by atoms with E-state index in [0.29, 0.717) is 11.1 Å². The molecule has 0 aliphatic heterocycles. The summed E-state index contributed by atoms with van der Waals surface area (Å²) in [7, 11) is -6.67. The Kier molecular flexibility index (Phi) is 8.36. The monoisotopic (exact) mass is 732 g/mol. The maximum absolute atomic E-state index is 14.3. The van der Waals surface area contributed by atoms with Crippen LogP contribution in [0.25, 0.3) is 0 Å². The van der Waals surface area contributed by atoms with Gasteiger partial charge in [-0.25, -0.2) is 0 Å². The molecule has 0 amide bonds. The number of hydrogen-bond acceptors (Lipinski definition) is 4. The summed E-state index contributed by atoms with van der Waals surface area (Å²) in [4.78, 5) is 0. The van der Waals surface area contributed by atoms with Crippen LogP contribution in [0.5, 0.6) is 0 Å². The van der Waals surface area contributed by atoms with Crippen molar-refractivity contribution < 1.29 is 50.8 Å². The summed E-state index contributed by atoms with van der Waals surface area (Å²) < 4.78 is 134. The van der Waals surface area contributed by atoms with Gasteiger partial charge < -0.3 is 0 Å². The molecule has 2 aromatic carbocycles. The number of hydrogen-bond donors (Lipinski definition) is 0. The van der Waals surface area contributed by atoms with E-state index in [9.17, 15) is 43.5 Å². The molecule has 0 atom stereocenters. The zero-order chi connectivity index (χ0) is 25.5. The van der Waals surface area contributed by atoms with Crippen molar-refractivity contribution in [2.75, 3.05) is 0 Å². The van der Waals surface area contributed by atoms with E-state index in [-0.39, 0.29) is 29.7 Å². The Morgan fingerprint density at radius 2 is 1.09 bits per heavy atom. The fourth-order valence-corrected chi connectivity index (χ4v) is 8.96. The summed E-state index contributed by atoms with van der Waals surface area (Å²) in [5, 5.41) is -6.43. The Hall–Kier alpha value is -0.790. The third kappa shape index (κ3) is 6.26. The van der Waals surface area contributed by atoms with Gasteiger partial charge in [0.05, 0.1) is 0 Å². The Labute approximate surface area is 204 Å². The van der Waals surface area contributed by atoms with E-state index in [1.807, 2.05) is 0 Å². The van der Waals surface area contributed by atoms with Crippen LogP contribution in [0.2, 0.25) is 0 Å². The van der Waals surface area contributed by atoms with Crippen molar-refractivity contribution in [2.24, 2.45) is 0 Å². The fourth-order valence-electron chi connectivity index (χ4n) is 2.04. The van der Waals surface area contributed by atoms with E-state index in [1.165, 1.54) is 48.5 Å². The average molecular weight is 732 g/mol. The summed E-state index contributed by atoms with van der Waals surface area (Å²) in [5.41, 5.74) is 1.40. The third-order valence-corrected chi connectivity index (χ3v) is 11.8. The van der Waals surface area contributed by atoms with Gasteiger partial charge in [0, 0.05) is 0 Å². The molecule has 15 heteroatoms. The molecule has 0 saturated carbocycles. The van der Waals surface area contributed by atoms with Gasteiger partial charge in [-0.2, -0.15) is 0 Å². The van der Waals surface area contributed by atoms with Gasteiger partial charge in [-0.05, 0) is 0 Å². The maximum atomic E-state index is 14.3. The van der Waals surface area contributed by atoms with Crippen molar-refractivity contribution in [2.45, 2.75) is 35.2 Å². The van der Waals surface area contributed by atoms with Gasteiger partial charge in [-0.15, -0.1) is 0 Å². The molecular formula is C18H14F8I2O4S. The summed E-state index contributed by atoms with van der Waals surface area (Å²) >= 11 is -4.21. The van der Waals surface area contributed by atoms with Gasteiger partial charge in [0.25, 0.3) is 0 Å². The van der Waals surface area contributed by atoms with Crippen molar-refractivity contribution >= 4 is 52.9 Å². The predicted molar refractivity (Wildman–Crippen MR) is 119 cm³/mol. The molecule has 0 spiro atoms. The quantitative estimate of drug-likeness (QED) is 0.160. The zero-order valence-electron chi connectivity index (χ0n) is 16.4. The minimum atomic E-state index is -6.67. The average Bonchev–Trinajstić information content (AvgIpc) is 2.66. The Bertz CT molecular complexity index is 1030. The first kappa shape index (κ1) is 28.4. The van der Waals surface area contributed by atoms with Crippen LogP contribution in [0.3, 0.4) is 0 Å². The van der Waals surface area contributed by atoms with E-state index in [0.717, 1.165) is 0 Å². The van der Waals surface area contributed by atoms with Gasteiger partial charge in [0.15, 0.2) is 0 Å². The molecule has 0 fully saturated rings. The van der Waals surface area contributed by atoms with Crippen LogP contribution in [0.1, 0.15) is 11.1 Å². The standard InChI is InChI=1S/C18H14F8I2O4S/c1-11-3-7-13(8-4-11)28(14-9-5-12(2)6-10-14)32-33(29,30)18(25,26)17(23,24)31-16(21,22)15(19,20)27/h3-10H,1-2H3. The third-order valence-electron chi connectivity index (χ3n) is 3.80. The predicted octanol–water partition coefficient (Wildman–Crippen LogP) is 6.93. The van der Waals surface area contributed by atoms with Crippen molar-refractivity contribution in [1.82, 2.24) is 0 Å². The number of rotatable bonds is 9. The van der Waals surface area contributed by atoms with Crippen LogP contribution in [-0.2, 0) is 17.4 Å². The van der Waals surface area contributed by atoms with E-state index in [1.54, 1.807) is 13.8 Å². The van der Waals surface area contributed by atoms with E-state index < -0.39 is 51.8 Å². The summed E-state index contributed by atoms with van der Waals surface area (Å²) in [6.07, 6.45) is -12.7. The second kappa shape index (κ2) is 9.69. The second-order valence-corrected chi connectivity index (χ2v) is 14.4. The number of ether oxygens (including phenoxy) is 1. The van der Waals surface area contributed by atoms with Gasteiger partial charge in [-0.3, -0.25) is 0 Å². The molecule has 0 aliphatic rings. The molecule has 2 aromatic rings. The van der Waals surface area contributed by atoms with Crippen LogP contribution >= 0.6 is 42.8 Å². The molecule has 33 heavy (non-hydrogen) atoms. The minimum absolute atomic E-state index is 0.0985. The van der Waals surface area contributed by atoms with Crippen molar-refractivity contribution in [3.8, 4) is 0 Å². The molecule has 0 unspecified atom stereocenters. The molecule has 0 heterocycles. The Morgan fingerprint density at radius 3 is 1.42 bits per heavy atom. The molecule has 0 radical (unpaired) electrons. The molecule has 186 valence electrons. The second-order valence-electron chi connectivity index (χ2n) is 6.51. The summed E-state index contributed by atoms with van der Waals surface area (Å²) in [6.45, 7) is 3.34. The van der Waals surface area contributed by atoms with E-state index in [2.05, 4.69) is 7.25 Å². The summed E-state index contributed by atoms with van der Waals surface area (Å²) in [5.74, 6) is 0. The first-order valence-corrected chi connectivity index (χ1v) is 14.0. The molecule has 0 aromatic heterocycles.